The maximum absolute atomic E-state index is 12.8. The van der Waals surface area contributed by atoms with Gasteiger partial charge in [-0.25, -0.2) is 9.78 Å². The summed E-state index contributed by atoms with van der Waals surface area (Å²) in [7, 11) is 1.29. The molecule has 1 amide bonds. The summed E-state index contributed by atoms with van der Waals surface area (Å²) in [5, 5.41) is 3.09. The van der Waals surface area contributed by atoms with Gasteiger partial charge in [0.25, 0.3) is 5.91 Å². The van der Waals surface area contributed by atoms with Gasteiger partial charge < -0.3 is 10.1 Å². The van der Waals surface area contributed by atoms with E-state index in [1.165, 1.54) is 19.2 Å². The van der Waals surface area contributed by atoms with Crippen molar-refractivity contribution in [3.8, 4) is 0 Å². The lowest BCUT2D eigenvalue weighted by molar-refractivity contribution is 0.0600. The molecule has 1 aromatic carbocycles. The molecule has 0 aliphatic heterocycles. The highest BCUT2D eigenvalue weighted by atomic mass is 35.5. The fourth-order valence-electron chi connectivity index (χ4n) is 2.58. The standard InChI is InChI=1S/C18H16ClN3O3/c1-3-13-16(22-9-5-4-6-15(22)20-13)17(23)21-14-10-11(18(24)25-2)7-8-12(14)19/h4-10H,3H2,1-2H3,(H,21,23). The summed E-state index contributed by atoms with van der Waals surface area (Å²) in [5.74, 6) is -0.851. The molecule has 0 atom stereocenters. The number of rotatable bonds is 4. The zero-order valence-electron chi connectivity index (χ0n) is 13.7. The number of esters is 1. The van der Waals surface area contributed by atoms with Gasteiger partial charge in [-0.2, -0.15) is 0 Å². The Kier molecular flexibility index (Phi) is 4.72. The number of ether oxygens (including phenoxy) is 1. The van der Waals surface area contributed by atoms with E-state index in [-0.39, 0.29) is 5.91 Å². The Balaban J connectivity index is 2.00. The second kappa shape index (κ2) is 6.94. The van der Waals surface area contributed by atoms with Crippen molar-refractivity contribution in [2.75, 3.05) is 12.4 Å². The lowest BCUT2D eigenvalue weighted by Crippen LogP contribution is -2.17. The molecule has 0 unspecified atom stereocenters. The Hall–Kier alpha value is -2.86. The van der Waals surface area contributed by atoms with Crippen molar-refractivity contribution in [2.24, 2.45) is 0 Å². The van der Waals surface area contributed by atoms with Crippen LogP contribution in [-0.4, -0.2) is 28.4 Å². The summed E-state index contributed by atoms with van der Waals surface area (Å²) >= 11 is 6.15. The van der Waals surface area contributed by atoms with Gasteiger partial charge in [-0.05, 0) is 36.8 Å². The number of carbonyl (C=O) groups excluding carboxylic acids is 2. The lowest BCUT2D eigenvalue weighted by atomic mass is 10.2. The molecule has 2 aromatic heterocycles. The normalized spacial score (nSPS) is 10.7. The maximum atomic E-state index is 12.8. The van der Waals surface area contributed by atoms with Crippen LogP contribution >= 0.6 is 11.6 Å². The molecular weight excluding hydrogens is 342 g/mol. The quantitative estimate of drug-likeness (QED) is 0.724. The number of nitrogens with zero attached hydrogens (tertiary/aromatic N) is 2. The molecule has 0 aliphatic carbocycles. The zero-order valence-corrected chi connectivity index (χ0v) is 14.5. The Bertz CT molecular complexity index is 965. The van der Waals surface area contributed by atoms with Gasteiger partial charge in [-0.15, -0.1) is 0 Å². The van der Waals surface area contributed by atoms with Gasteiger partial charge in [0.1, 0.15) is 11.3 Å². The molecule has 0 bridgehead atoms. The van der Waals surface area contributed by atoms with E-state index in [2.05, 4.69) is 10.3 Å². The Morgan fingerprint density at radius 3 is 2.80 bits per heavy atom. The van der Waals surface area contributed by atoms with E-state index in [9.17, 15) is 9.59 Å². The molecule has 2 heterocycles. The van der Waals surface area contributed by atoms with Crippen molar-refractivity contribution < 1.29 is 14.3 Å². The van der Waals surface area contributed by atoms with Crippen LogP contribution in [0.3, 0.4) is 0 Å². The summed E-state index contributed by atoms with van der Waals surface area (Å²) in [4.78, 5) is 29.0. The average molecular weight is 358 g/mol. The van der Waals surface area contributed by atoms with Crippen LogP contribution in [0.15, 0.2) is 42.6 Å². The predicted octanol–water partition coefficient (Wildman–Crippen LogP) is 3.59. The number of methoxy groups -OCH3 is 1. The monoisotopic (exact) mass is 357 g/mol. The van der Waals surface area contributed by atoms with E-state index < -0.39 is 5.97 Å². The number of aryl methyl sites for hydroxylation is 1. The van der Waals surface area contributed by atoms with E-state index in [1.54, 1.807) is 16.7 Å². The molecule has 128 valence electrons. The summed E-state index contributed by atoms with van der Waals surface area (Å²) in [6, 6.07) is 10.1. The Labute approximate surface area is 149 Å². The van der Waals surface area contributed by atoms with E-state index in [0.29, 0.717) is 39.7 Å². The molecule has 0 aliphatic rings. The second-order valence-electron chi connectivity index (χ2n) is 5.33. The molecule has 25 heavy (non-hydrogen) atoms. The first-order chi connectivity index (χ1) is 12.0. The highest BCUT2D eigenvalue weighted by molar-refractivity contribution is 6.34. The third-order valence-electron chi connectivity index (χ3n) is 3.79. The summed E-state index contributed by atoms with van der Waals surface area (Å²) in [6.07, 6.45) is 2.39. The number of fused-ring (bicyclic) bond motifs is 1. The number of benzene rings is 1. The van der Waals surface area contributed by atoms with E-state index in [0.717, 1.165) is 0 Å². The topological polar surface area (TPSA) is 72.7 Å². The van der Waals surface area contributed by atoms with Crippen molar-refractivity contribution in [2.45, 2.75) is 13.3 Å². The number of anilines is 1. The van der Waals surface area contributed by atoms with E-state index in [4.69, 9.17) is 16.3 Å². The number of pyridine rings is 1. The second-order valence-corrected chi connectivity index (χ2v) is 5.74. The van der Waals surface area contributed by atoms with Crippen molar-refractivity contribution in [1.29, 1.82) is 0 Å². The highest BCUT2D eigenvalue weighted by Gasteiger charge is 2.19. The van der Waals surface area contributed by atoms with Crippen LogP contribution in [-0.2, 0) is 11.2 Å². The smallest absolute Gasteiger partial charge is 0.337 e. The zero-order chi connectivity index (χ0) is 18.0. The van der Waals surface area contributed by atoms with Crippen LogP contribution in [0.1, 0.15) is 33.5 Å². The first kappa shape index (κ1) is 17.0. The number of nitrogens with one attached hydrogen (secondary N) is 1. The van der Waals surface area contributed by atoms with Gasteiger partial charge in [0.2, 0.25) is 0 Å². The van der Waals surface area contributed by atoms with Crippen LogP contribution in [0, 0.1) is 0 Å². The third kappa shape index (κ3) is 3.21. The number of aromatic nitrogens is 2. The number of carbonyl (C=O) groups is 2. The Morgan fingerprint density at radius 1 is 1.28 bits per heavy atom. The van der Waals surface area contributed by atoms with Gasteiger partial charge in [-0.3, -0.25) is 9.20 Å². The van der Waals surface area contributed by atoms with Crippen molar-refractivity contribution >= 4 is 34.8 Å². The summed E-state index contributed by atoms with van der Waals surface area (Å²) in [5.41, 5.74) is 2.46. The molecule has 7 heteroatoms. The van der Waals surface area contributed by atoms with Gasteiger partial charge in [0.05, 0.1) is 29.1 Å². The number of halogens is 1. The third-order valence-corrected chi connectivity index (χ3v) is 4.12. The maximum Gasteiger partial charge on any atom is 0.337 e. The lowest BCUT2D eigenvalue weighted by Gasteiger charge is -2.10. The molecule has 0 saturated carbocycles. The van der Waals surface area contributed by atoms with Crippen LogP contribution in [0.25, 0.3) is 5.65 Å². The minimum absolute atomic E-state index is 0.302. The summed E-state index contributed by atoms with van der Waals surface area (Å²) < 4.78 is 6.42. The van der Waals surface area contributed by atoms with Gasteiger partial charge >= 0.3 is 5.97 Å². The van der Waals surface area contributed by atoms with Crippen molar-refractivity contribution in [3.63, 3.8) is 0 Å². The molecule has 0 fully saturated rings. The minimum Gasteiger partial charge on any atom is -0.465 e. The van der Waals surface area contributed by atoms with Crippen LogP contribution in [0.5, 0.6) is 0 Å². The fourth-order valence-corrected chi connectivity index (χ4v) is 2.74. The first-order valence-electron chi connectivity index (χ1n) is 7.70. The van der Waals surface area contributed by atoms with Gasteiger partial charge in [-0.1, -0.05) is 24.6 Å². The van der Waals surface area contributed by atoms with Crippen LogP contribution < -0.4 is 5.32 Å². The average Bonchev–Trinajstić information content (AvgIpc) is 3.01. The summed E-state index contributed by atoms with van der Waals surface area (Å²) in [6.45, 7) is 1.93. The molecule has 3 aromatic rings. The molecule has 0 spiro atoms. The van der Waals surface area contributed by atoms with Gasteiger partial charge in [0, 0.05) is 6.20 Å². The van der Waals surface area contributed by atoms with Crippen LogP contribution in [0.2, 0.25) is 5.02 Å². The van der Waals surface area contributed by atoms with Crippen LogP contribution in [0.4, 0.5) is 5.69 Å². The first-order valence-corrected chi connectivity index (χ1v) is 8.08. The molecule has 0 saturated heterocycles. The Morgan fingerprint density at radius 2 is 2.08 bits per heavy atom. The number of amides is 1. The van der Waals surface area contributed by atoms with Crippen molar-refractivity contribution in [3.05, 3.63) is 64.6 Å². The fraction of sp³-hybridized carbons (Fsp3) is 0.167. The molecule has 1 N–H and O–H groups in total. The number of hydrogen-bond acceptors (Lipinski definition) is 4. The molecule has 6 nitrogen and oxygen atoms in total. The van der Waals surface area contributed by atoms with E-state index in [1.807, 2.05) is 25.1 Å². The minimum atomic E-state index is -0.504. The SMILES string of the molecule is CCc1nc2ccccn2c1C(=O)Nc1cc(C(=O)OC)ccc1Cl. The largest absolute Gasteiger partial charge is 0.465 e. The number of imidazole rings is 1. The highest BCUT2D eigenvalue weighted by Crippen LogP contribution is 2.25. The predicted molar refractivity (Wildman–Crippen MR) is 95.3 cm³/mol. The van der Waals surface area contributed by atoms with Crippen molar-refractivity contribution in [1.82, 2.24) is 9.38 Å². The van der Waals surface area contributed by atoms with Gasteiger partial charge in [0.15, 0.2) is 0 Å². The molecular formula is C18H16ClN3O3. The molecule has 3 rings (SSSR count). The van der Waals surface area contributed by atoms with E-state index >= 15 is 0 Å². The molecule has 0 radical (unpaired) electrons. The number of hydrogen-bond donors (Lipinski definition) is 1.